The Balaban J connectivity index is 2.28. The Labute approximate surface area is 147 Å². The number of hydrogen-bond donors (Lipinski definition) is 2. The molecule has 0 aliphatic carbocycles. The molecule has 4 N–H and O–H groups in total. The van der Waals surface area contributed by atoms with Crippen LogP contribution in [0.15, 0.2) is 56.8 Å². The molecule has 25 heavy (non-hydrogen) atoms. The molecule has 2 aromatic rings. The number of rotatable bonds is 5. The second-order valence-corrected chi connectivity index (χ2v) is 6.72. The van der Waals surface area contributed by atoms with E-state index in [1.165, 1.54) is 48.7 Å². The summed E-state index contributed by atoms with van der Waals surface area (Å²) in [6.07, 6.45) is 1.34. The number of nitro groups is 1. The maximum atomic E-state index is 11.8. The van der Waals surface area contributed by atoms with Gasteiger partial charge in [-0.05, 0) is 30.3 Å². The average Bonchev–Trinajstić information content (AvgIpc) is 2.53. The lowest BCUT2D eigenvalue weighted by Gasteiger charge is -2.01. The number of hydrogen-bond acceptors (Lipinski definition) is 5. The Bertz CT molecular complexity index is 967. The molecule has 130 valence electrons. The van der Waals surface area contributed by atoms with E-state index in [2.05, 4.69) is 9.39 Å². The smallest absolute Gasteiger partial charge is 0.285 e. The van der Waals surface area contributed by atoms with Gasteiger partial charge in [-0.1, -0.05) is 11.6 Å². The predicted molar refractivity (Wildman–Crippen MR) is 94.8 cm³/mol. The first-order valence-corrected chi connectivity index (χ1v) is 8.45. The zero-order valence-corrected chi connectivity index (χ0v) is 14.1. The summed E-state index contributed by atoms with van der Waals surface area (Å²) in [5.74, 6) is -0.567. The minimum atomic E-state index is -3.98. The van der Waals surface area contributed by atoms with Crippen molar-refractivity contribution in [1.29, 1.82) is 0 Å². The highest BCUT2D eigenvalue weighted by molar-refractivity contribution is 7.90. The summed E-state index contributed by atoms with van der Waals surface area (Å²) >= 11 is 5.97. The zero-order chi connectivity index (χ0) is 18.6. The Morgan fingerprint density at radius 1 is 1.16 bits per heavy atom. The van der Waals surface area contributed by atoms with Crippen LogP contribution in [0.5, 0.6) is 0 Å². The number of non-ortho nitro benzene ring substituents is 1. The second-order valence-electron chi connectivity index (χ2n) is 4.71. The fourth-order valence-electron chi connectivity index (χ4n) is 1.78. The molecule has 0 heterocycles. The minimum Gasteiger partial charge on any atom is -0.369 e. The summed E-state index contributed by atoms with van der Waals surface area (Å²) in [7, 11) is -3.98. The van der Waals surface area contributed by atoms with E-state index in [4.69, 9.17) is 23.1 Å². The van der Waals surface area contributed by atoms with Crippen molar-refractivity contribution in [2.45, 2.75) is 4.90 Å². The van der Waals surface area contributed by atoms with Crippen molar-refractivity contribution in [1.82, 2.24) is 0 Å². The molecule has 0 amide bonds. The third kappa shape index (κ3) is 4.75. The lowest BCUT2D eigenvalue weighted by atomic mass is 10.2. The molecule has 0 fully saturated rings. The van der Waals surface area contributed by atoms with Gasteiger partial charge in [0.25, 0.3) is 15.7 Å². The van der Waals surface area contributed by atoms with Gasteiger partial charge in [0.05, 0.1) is 15.5 Å². The van der Waals surface area contributed by atoms with E-state index >= 15 is 0 Å². The van der Waals surface area contributed by atoms with Gasteiger partial charge in [-0.3, -0.25) is 15.1 Å². The molecule has 2 aromatic carbocycles. The molecule has 0 radical (unpaired) electrons. The van der Waals surface area contributed by atoms with Crippen LogP contribution in [0.1, 0.15) is 5.56 Å². The number of sulfonamides is 1. The van der Waals surface area contributed by atoms with Crippen LogP contribution < -0.4 is 11.5 Å². The van der Waals surface area contributed by atoms with Crippen molar-refractivity contribution in [3.8, 4) is 0 Å². The van der Waals surface area contributed by atoms with Crippen molar-refractivity contribution >= 4 is 45.2 Å². The Morgan fingerprint density at radius 2 is 1.80 bits per heavy atom. The van der Waals surface area contributed by atoms with E-state index in [9.17, 15) is 18.5 Å². The third-order valence-electron chi connectivity index (χ3n) is 2.90. The topological polar surface area (TPSA) is 154 Å². The molecule has 2 rings (SSSR count). The Kier molecular flexibility index (Phi) is 5.35. The molecular weight excluding hydrogens is 370 g/mol. The van der Waals surface area contributed by atoms with Crippen LogP contribution in [0.2, 0.25) is 5.02 Å². The first-order chi connectivity index (χ1) is 11.7. The quantitative estimate of drug-likeness (QED) is 0.349. The van der Waals surface area contributed by atoms with Crippen LogP contribution in [0, 0.1) is 10.1 Å². The standard InChI is InChI=1S/C14H12ClN5O4S/c15-13-6-3-11(20(21)22)7-9(13)8-18-10-1-4-12(5-2-10)25(23,24)19-14(16)17/h1-8H,(H4,16,17,19). The van der Waals surface area contributed by atoms with Gasteiger partial charge in [0.15, 0.2) is 0 Å². The number of nitro benzene ring substituents is 1. The number of aliphatic imine (C=N–C) groups is 1. The Hall–Kier alpha value is -2.98. The molecule has 0 aliphatic rings. The lowest BCUT2D eigenvalue weighted by Crippen LogP contribution is -2.24. The van der Waals surface area contributed by atoms with Crippen LogP contribution in [0.3, 0.4) is 0 Å². The van der Waals surface area contributed by atoms with Crippen molar-refractivity contribution in [2.75, 3.05) is 0 Å². The maximum Gasteiger partial charge on any atom is 0.285 e. The molecule has 0 atom stereocenters. The maximum absolute atomic E-state index is 11.8. The summed E-state index contributed by atoms with van der Waals surface area (Å²) in [5.41, 5.74) is 10.8. The van der Waals surface area contributed by atoms with Gasteiger partial charge < -0.3 is 11.5 Å². The molecule has 11 heteroatoms. The van der Waals surface area contributed by atoms with Gasteiger partial charge >= 0.3 is 0 Å². The summed E-state index contributed by atoms with van der Waals surface area (Å²) in [6.45, 7) is 0. The summed E-state index contributed by atoms with van der Waals surface area (Å²) in [6, 6.07) is 9.37. The molecule has 0 bridgehead atoms. The Morgan fingerprint density at radius 3 is 2.36 bits per heavy atom. The highest BCUT2D eigenvalue weighted by atomic mass is 35.5. The van der Waals surface area contributed by atoms with Gasteiger partial charge in [0.1, 0.15) is 0 Å². The summed E-state index contributed by atoms with van der Waals surface area (Å²) in [5, 5.41) is 11.1. The highest BCUT2D eigenvalue weighted by Gasteiger charge is 2.12. The normalized spacial score (nSPS) is 11.4. The van der Waals surface area contributed by atoms with Crippen molar-refractivity contribution < 1.29 is 13.3 Å². The van der Waals surface area contributed by atoms with Crippen LogP contribution in [0.4, 0.5) is 11.4 Å². The first kappa shape index (κ1) is 18.4. The molecule has 0 aliphatic heterocycles. The second kappa shape index (κ2) is 7.28. The fraction of sp³-hybridized carbons (Fsp3) is 0. The van der Waals surface area contributed by atoms with E-state index in [-0.39, 0.29) is 10.6 Å². The molecular formula is C14H12ClN5O4S. The first-order valence-electron chi connectivity index (χ1n) is 6.63. The summed E-state index contributed by atoms with van der Waals surface area (Å²) < 4.78 is 26.8. The van der Waals surface area contributed by atoms with Gasteiger partial charge in [-0.25, -0.2) is 0 Å². The van der Waals surface area contributed by atoms with Crippen LogP contribution in [0.25, 0.3) is 0 Å². The minimum absolute atomic E-state index is 0.103. The van der Waals surface area contributed by atoms with Gasteiger partial charge in [-0.2, -0.15) is 8.42 Å². The van der Waals surface area contributed by atoms with Gasteiger partial charge in [0.2, 0.25) is 5.96 Å². The van der Waals surface area contributed by atoms with Crippen molar-refractivity contribution in [3.05, 3.63) is 63.2 Å². The number of benzene rings is 2. The molecule has 0 saturated heterocycles. The SMILES string of the molecule is NC(N)=NS(=O)(=O)c1ccc(N=Cc2cc([N+](=O)[O-])ccc2Cl)cc1. The lowest BCUT2D eigenvalue weighted by molar-refractivity contribution is -0.384. The molecule has 0 spiro atoms. The van der Waals surface area contributed by atoms with E-state index in [0.717, 1.165) is 0 Å². The van der Waals surface area contributed by atoms with E-state index in [0.29, 0.717) is 16.3 Å². The van der Waals surface area contributed by atoms with Crippen LogP contribution >= 0.6 is 11.6 Å². The summed E-state index contributed by atoms with van der Waals surface area (Å²) in [4.78, 5) is 14.2. The van der Waals surface area contributed by atoms with E-state index in [1.807, 2.05) is 0 Å². The van der Waals surface area contributed by atoms with Crippen molar-refractivity contribution in [2.24, 2.45) is 20.9 Å². The number of guanidine groups is 1. The number of halogens is 1. The average molecular weight is 382 g/mol. The monoisotopic (exact) mass is 381 g/mol. The molecule has 0 aromatic heterocycles. The van der Waals surface area contributed by atoms with Crippen LogP contribution in [-0.4, -0.2) is 25.5 Å². The largest absolute Gasteiger partial charge is 0.369 e. The third-order valence-corrected chi connectivity index (χ3v) is 4.57. The molecule has 9 nitrogen and oxygen atoms in total. The van der Waals surface area contributed by atoms with Gasteiger partial charge in [0, 0.05) is 28.9 Å². The van der Waals surface area contributed by atoms with Crippen LogP contribution in [-0.2, 0) is 10.0 Å². The highest BCUT2D eigenvalue weighted by Crippen LogP contribution is 2.22. The number of nitrogens with two attached hydrogens (primary N) is 2. The van der Waals surface area contributed by atoms with E-state index < -0.39 is 20.9 Å². The van der Waals surface area contributed by atoms with Gasteiger partial charge in [-0.15, -0.1) is 4.40 Å². The number of nitrogens with zero attached hydrogens (tertiary/aromatic N) is 3. The fourth-order valence-corrected chi connectivity index (χ4v) is 2.81. The molecule has 0 saturated carbocycles. The predicted octanol–water partition coefficient (Wildman–Crippen LogP) is 1.96. The van der Waals surface area contributed by atoms with Crippen molar-refractivity contribution in [3.63, 3.8) is 0 Å². The zero-order valence-electron chi connectivity index (χ0n) is 12.5. The van der Waals surface area contributed by atoms with E-state index in [1.54, 1.807) is 0 Å². The molecule has 0 unspecified atom stereocenters.